The van der Waals surface area contributed by atoms with Gasteiger partial charge < -0.3 is 0 Å². The summed E-state index contributed by atoms with van der Waals surface area (Å²) >= 11 is 0. The van der Waals surface area contributed by atoms with Crippen LogP contribution < -0.4 is 5.32 Å². The minimum atomic E-state index is -0.0272. The van der Waals surface area contributed by atoms with Crippen molar-refractivity contribution in [2.75, 3.05) is 0 Å². The first-order valence-corrected chi connectivity index (χ1v) is 4.73. The highest BCUT2D eigenvalue weighted by Gasteiger charge is 2.34. The molecule has 1 fully saturated rings. The molecule has 0 amide bonds. The molecule has 1 saturated carbocycles. The third-order valence-corrected chi connectivity index (χ3v) is 2.91. The molecule has 0 aromatic rings. The van der Waals surface area contributed by atoms with Gasteiger partial charge in [-0.2, -0.15) is 5.26 Å². The van der Waals surface area contributed by atoms with E-state index in [0.29, 0.717) is 0 Å². The van der Waals surface area contributed by atoms with Gasteiger partial charge in [0.1, 0.15) is 0 Å². The fraction of sp³-hybridized carbons (Fsp3) is 0.900. The van der Waals surface area contributed by atoms with Crippen molar-refractivity contribution in [3.05, 3.63) is 0 Å². The summed E-state index contributed by atoms with van der Waals surface area (Å²) in [6, 6.07) is 2.19. The van der Waals surface area contributed by atoms with E-state index in [2.05, 4.69) is 25.2 Å². The fourth-order valence-corrected chi connectivity index (χ4v) is 1.84. The summed E-state index contributed by atoms with van der Waals surface area (Å²) in [5, 5.41) is 12.0. The second-order valence-electron chi connectivity index (χ2n) is 4.34. The number of hydrogen-bond acceptors (Lipinski definition) is 2. The Hall–Kier alpha value is -0.550. The van der Waals surface area contributed by atoms with Crippen molar-refractivity contribution in [2.24, 2.45) is 5.92 Å². The number of nitrogens with one attached hydrogen (secondary N) is 1. The first-order valence-electron chi connectivity index (χ1n) is 4.73. The average molecular weight is 166 g/mol. The van der Waals surface area contributed by atoms with Gasteiger partial charge in [0.2, 0.25) is 0 Å². The van der Waals surface area contributed by atoms with E-state index in [0.717, 1.165) is 5.92 Å². The predicted octanol–water partition coefficient (Wildman–Crippen LogP) is 2.07. The normalized spacial score (nSPS) is 21.2. The van der Waals surface area contributed by atoms with Gasteiger partial charge in [-0.05, 0) is 39.5 Å². The van der Waals surface area contributed by atoms with Crippen molar-refractivity contribution in [1.82, 2.24) is 5.32 Å². The van der Waals surface area contributed by atoms with Crippen LogP contribution in [0.2, 0.25) is 0 Å². The zero-order chi connectivity index (χ0) is 9.19. The zero-order valence-corrected chi connectivity index (χ0v) is 8.22. The molecule has 1 aliphatic carbocycles. The molecule has 0 bridgehead atoms. The highest BCUT2D eigenvalue weighted by molar-refractivity contribution is 4.97. The van der Waals surface area contributed by atoms with E-state index in [1.165, 1.54) is 19.3 Å². The summed E-state index contributed by atoms with van der Waals surface area (Å²) < 4.78 is 0. The van der Waals surface area contributed by atoms with Gasteiger partial charge in [-0.1, -0.05) is 6.42 Å². The van der Waals surface area contributed by atoms with Gasteiger partial charge in [0, 0.05) is 5.54 Å². The zero-order valence-electron chi connectivity index (χ0n) is 8.22. The summed E-state index contributed by atoms with van der Waals surface area (Å²) in [4.78, 5) is 0. The molecule has 2 heteroatoms. The molecule has 0 aliphatic heterocycles. The summed E-state index contributed by atoms with van der Waals surface area (Å²) in [7, 11) is 0. The number of rotatable bonds is 3. The molecule has 68 valence electrons. The Morgan fingerprint density at radius 2 is 2.08 bits per heavy atom. The smallest absolute Gasteiger partial charge is 0.0928 e. The summed E-state index contributed by atoms with van der Waals surface area (Å²) in [5.74, 6) is 0.772. The number of hydrogen-bond donors (Lipinski definition) is 1. The van der Waals surface area contributed by atoms with Crippen molar-refractivity contribution in [3.8, 4) is 6.07 Å². The van der Waals surface area contributed by atoms with Crippen molar-refractivity contribution >= 4 is 0 Å². The van der Waals surface area contributed by atoms with E-state index in [4.69, 9.17) is 5.26 Å². The Kier molecular flexibility index (Phi) is 2.74. The summed E-state index contributed by atoms with van der Waals surface area (Å²) in [5.41, 5.74) is 0.146. The molecule has 0 radical (unpaired) electrons. The van der Waals surface area contributed by atoms with Crippen molar-refractivity contribution < 1.29 is 0 Å². The van der Waals surface area contributed by atoms with Crippen LogP contribution in [0, 0.1) is 17.2 Å². The van der Waals surface area contributed by atoms with Crippen LogP contribution in [0.5, 0.6) is 0 Å². The number of nitrogens with zero attached hydrogens (tertiary/aromatic N) is 1. The first-order chi connectivity index (χ1) is 5.56. The number of nitriles is 1. The maximum absolute atomic E-state index is 8.66. The second-order valence-corrected chi connectivity index (χ2v) is 4.34. The van der Waals surface area contributed by atoms with E-state index < -0.39 is 0 Å². The summed E-state index contributed by atoms with van der Waals surface area (Å²) in [6.07, 6.45) is 3.99. The lowest BCUT2D eigenvalue weighted by atomic mass is 9.72. The molecule has 1 rings (SSSR count). The van der Waals surface area contributed by atoms with E-state index in [9.17, 15) is 0 Å². The third-order valence-electron chi connectivity index (χ3n) is 2.91. The molecule has 0 spiro atoms. The SMILES string of the molecule is CC(C#N)NC(C)(C)C1CCC1. The van der Waals surface area contributed by atoms with Gasteiger partial charge in [0.05, 0.1) is 12.1 Å². The third kappa shape index (κ3) is 1.98. The van der Waals surface area contributed by atoms with E-state index in [1.54, 1.807) is 0 Å². The Labute approximate surface area is 75.0 Å². The average Bonchev–Trinajstić information content (AvgIpc) is 1.80. The Balaban J connectivity index is 2.42. The van der Waals surface area contributed by atoms with Crippen LogP contribution in [0.4, 0.5) is 0 Å². The molecule has 2 nitrogen and oxygen atoms in total. The van der Waals surface area contributed by atoms with Gasteiger partial charge in [-0.15, -0.1) is 0 Å². The van der Waals surface area contributed by atoms with E-state index >= 15 is 0 Å². The molecule has 1 N–H and O–H groups in total. The summed E-state index contributed by atoms with van der Waals surface area (Å²) in [6.45, 7) is 6.32. The molecule has 0 heterocycles. The van der Waals surface area contributed by atoms with Gasteiger partial charge in [-0.25, -0.2) is 0 Å². The van der Waals surface area contributed by atoms with Gasteiger partial charge >= 0.3 is 0 Å². The van der Waals surface area contributed by atoms with Gasteiger partial charge in [-0.3, -0.25) is 5.32 Å². The van der Waals surface area contributed by atoms with Crippen molar-refractivity contribution in [3.63, 3.8) is 0 Å². The van der Waals surface area contributed by atoms with Crippen LogP contribution in [-0.2, 0) is 0 Å². The van der Waals surface area contributed by atoms with Crippen LogP contribution in [-0.4, -0.2) is 11.6 Å². The maximum Gasteiger partial charge on any atom is 0.0928 e. The van der Waals surface area contributed by atoms with E-state index in [1.807, 2.05) is 6.92 Å². The highest BCUT2D eigenvalue weighted by Crippen LogP contribution is 2.35. The molecule has 1 aliphatic rings. The molecule has 0 aromatic heterocycles. The van der Waals surface area contributed by atoms with Crippen molar-refractivity contribution in [1.29, 1.82) is 5.26 Å². The van der Waals surface area contributed by atoms with Crippen LogP contribution >= 0.6 is 0 Å². The topological polar surface area (TPSA) is 35.8 Å². The first kappa shape index (κ1) is 9.54. The Bertz CT molecular complexity index is 187. The molecular weight excluding hydrogens is 148 g/mol. The lowest BCUT2D eigenvalue weighted by molar-refractivity contribution is 0.154. The monoisotopic (exact) mass is 166 g/mol. The van der Waals surface area contributed by atoms with Gasteiger partial charge in [0.15, 0.2) is 0 Å². The highest BCUT2D eigenvalue weighted by atomic mass is 15.0. The van der Waals surface area contributed by atoms with Crippen LogP contribution in [0.15, 0.2) is 0 Å². The molecule has 0 aromatic carbocycles. The van der Waals surface area contributed by atoms with Crippen LogP contribution in [0.3, 0.4) is 0 Å². The molecule has 1 unspecified atom stereocenters. The Morgan fingerprint density at radius 3 is 2.42 bits per heavy atom. The molecule has 1 atom stereocenters. The van der Waals surface area contributed by atoms with Crippen molar-refractivity contribution in [2.45, 2.75) is 51.6 Å². The minimum absolute atomic E-state index is 0.0272. The minimum Gasteiger partial charge on any atom is -0.297 e. The molecular formula is C10H18N2. The lowest BCUT2D eigenvalue weighted by Gasteiger charge is -2.41. The standard InChI is InChI=1S/C10H18N2/c1-8(7-11)12-10(2,3)9-5-4-6-9/h8-9,12H,4-6H2,1-3H3. The lowest BCUT2D eigenvalue weighted by Crippen LogP contribution is -2.51. The maximum atomic E-state index is 8.66. The van der Waals surface area contributed by atoms with Crippen LogP contribution in [0.25, 0.3) is 0 Å². The quantitative estimate of drug-likeness (QED) is 0.696. The van der Waals surface area contributed by atoms with Crippen LogP contribution in [0.1, 0.15) is 40.0 Å². The Morgan fingerprint density at radius 1 is 1.50 bits per heavy atom. The molecule has 0 saturated heterocycles. The molecule has 12 heavy (non-hydrogen) atoms. The largest absolute Gasteiger partial charge is 0.297 e. The predicted molar refractivity (Wildman–Crippen MR) is 49.6 cm³/mol. The van der Waals surface area contributed by atoms with Gasteiger partial charge in [0.25, 0.3) is 0 Å². The van der Waals surface area contributed by atoms with E-state index in [-0.39, 0.29) is 11.6 Å². The second kappa shape index (κ2) is 3.45. The fourth-order valence-electron chi connectivity index (χ4n) is 1.84.